The molecule has 29 heavy (non-hydrogen) atoms. The van der Waals surface area contributed by atoms with Gasteiger partial charge in [-0.2, -0.15) is 4.98 Å². The number of H-pyrrole nitrogens is 1. The van der Waals surface area contributed by atoms with Crippen LogP contribution < -0.4 is 15.9 Å². The minimum absolute atomic E-state index is 0.0960. The standard InChI is InChI=1S/C20H20N6O2S/c1-28-15-9-7-14(8-10-15)17-11-16(13-5-3-2-4-6-13)25-26(17)18(27)12-29-20-22-19(21)23-24-20/h2-11,17,25H,12H2,1H3,(H3,21,22,23,24)/t17-/m1/s1. The van der Waals surface area contributed by atoms with Crippen molar-refractivity contribution in [2.75, 3.05) is 18.6 Å². The fourth-order valence-corrected chi connectivity index (χ4v) is 3.69. The Balaban J connectivity index is 1.57. The third kappa shape index (κ3) is 4.19. The van der Waals surface area contributed by atoms with Crippen LogP contribution in [-0.2, 0) is 4.79 Å². The molecule has 1 aliphatic rings. The number of nitrogens with zero attached hydrogens (tertiary/aromatic N) is 3. The van der Waals surface area contributed by atoms with Crippen molar-refractivity contribution in [3.8, 4) is 5.75 Å². The third-order valence-electron chi connectivity index (χ3n) is 4.46. The van der Waals surface area contributed by atoms with E-state index in [9.17, 15) is 4.79 Å². The summed E-state index contributed by atoms with van der Waals surface area (Å²) in [7, 11) is 1.63. The summed E-state index contributed by atoms with van der Waals surface area (Å²) in [6.07, 6.45) is 2.05. The lowest BCUT2D eigenvalue weighted by Gasteiger charge is -2.25. The maximum Gasteiger partial charge on any atom is 0.252 e. The van der Waals surface area contributed by atoms with E-state index in [1.54, 1.807) is 12.1 Å². The van der Waals surface area contributed by atoms with E-state index >= 15 is 0 Å². The van der Waals surface area contributed by atoms with Crippen molar-refractivity contribution < 1.29 is 9.53 Å². The third-order valence-corrected chi connectivity index (χ3v) is 5.29. The van der Waals surface area contributed by atoms with Crippen molar-refractivity contribution >= 4 is 29.3 Å². The number of hydrogen-bond donors (Lipinski definition) is 3. The Kier molecular flexibility index (Phi) is 5.39. The van der Waals surface area contributed by atoms with Crippen molar-refractivity contribution in [1.82, 2.24) is 25.6 Å². The number of nitrogen functional groups attached to an aromatic ring is 1. The number of anilines is 1. The predicted octanol–water partition coefficient (Wildman–Crippen LogP) is 2.62. The van der Waals surface area contributed by atoms with Gasteiger partial charge in [-0.1, -0.05) is 54.2 Å². The van der Waals surface area contributed by atoms with Gasteiger partial charge in [0.15, 0.2) is 0 Å². The number of rotatable bonds is 6. The molecule has 3 aromatic rings. The maximum absolute atomic E-state index is 13.0. The lowest BCUT2D eigenvalue weighted by Crippen LogP contribution is -2.40. The van der Waals surface area contributed by atoms with Gasteiger partial charge in [0.25, 0.3) is 5.91 Å². The van der Waals surface area contributed by atoms with Crippen LogP contribution in [-0.4, -0.2) is 39.0 Å². The van der Waals surface area contributed by atoms with Gasteiger partial charge in [0.2, 0.25) is 11.1 Å². The molecule has 1 aliphatic heterocycles. The minimum Gasteiger partial charge on any atom is -0.497 e. The zero-order chi connectivity index (χ0) is 20.2. The average Bonchev–Trinajstić information content (AvgIpc) is 3.39. The SMILES string of the molecule is COc1ccc([C@H]2C=C(c3ccccc3)NN2C(=O)CSc2n[nH]c(N)n2)cc1. The number of hydrazine groups is 1. The first-order valence-corrected chi connectivity index (χ1v) is 9.93. The quantitative estimate of drug-likeness (QED) is 0.538. The molecule has 0 aliphatic carbocycles. The molecular formula is C20H20N6O2S. The number of aromatic nitrogens is 3. The lowest BCUT2D eigenvalue weighted by molar-refractivity contribution is -0.131. The smallest absolute Gasteiger partial charge is 0.252 e. The highest BCUT2D eigenvalue weighted by Gasteiger charge is 2.30. The number of methoxy groups -OCH3 is 1. The predicted molar refractivity (Wildman–Crippen MR) is 112 cm³/mol. The normalized spacial score (nSPS) is 15.7. The molecule has 0 spiro atoms. The molecular weight excluding hydrogens is 388 g/mol. The number of amides is 1. The molecule has 9 heteroatoms. The van der Waals surface area contributed by atoms with E-state index in [2.05, 4.69) is 20.6 Å². The molecule has 0 unspecified atom stereocenters. The highest BCUT2D eigenvalue weighted by Crippen LogP contribution is 2.32. The second-order valence-electron chi connectivity index (χ2n) is 6.33. The summed E-state index contributed by atoms with van der Waals surface area (Å²) in [5.74, 6) is 1.07. The maximum atomic E-state index is 13.0. The molecule has 1 atom stereocenters. The van der Waals surface area contributed by atoms with E-state index in [0.29, 0.717) is 5.16 Å². The first kappa shape index (κ1) is 18.9. The summed E-state index contributed by atoms with van der Waals surface area (Å²) < 4.78 is 5.24. The van der Waals surface area contributed by atoms with Gasteiger partial charge in [-0.15, -0.1) is 5.10 Å². The number of nitrogens with two attached hydrogens (primary N) is 1. The Bertz CT molecular complexity index is 1020. The number of benzene rings is 2. The van der Waals surface area contributed by atoms with Crippen LogP contribution >= 0.6 is 11.8 Å². The van der Waals surface area contributed by atoms with Crippen LogP contribution in [0.15, 0.2) is 65.8 Å². The fourth-order valence-electron chi connectivity index (χ4n) is 3.03. The van der Waals surface area contributed by atoms with Gasteiger partial charge in [-0.05, 0) is 29.3 Å². The van der Waals surface area contributed by atoms with Crippen LogP contribution in [0.3, 0.4) is 0 Å². The van der Waals surface area contributed by atoms with Gasteiger partial charge >= 0.3 is 0 Å². The molecule has 8 nitrogen and oxygen atoms in total. The number of aromatic amines is 1. The molecule has 0 radical (unpaired) electrons. The van der Waals surface area contributed by atoms with Crippen LogP contribution in [0.5, 0.6) is 5.75 Å². The van der Waals surface area contributed by atoms with Crippen molar-refractivity contribution in [3.05, 3.63) is 71.8 Å². The Morgan fingerprint density at radius 3 is 2.62 bits per heavy atom. The highest BCUT2D eigenvalue weighted by molar-refractivity contribution is 7.99. The van der Waals surface area contributed by atoms with Crippen LogP contribution in [0.4, 0.5) is 5.95 Å². The van der Waals surface area contributed by atoms with Crippen LogP contribution in [0.25, 0.3) is 5.70 Å². The second kappa shape index (κ2) is 8.27. The summed E-state index contributed by atoms with van der Waals surface area (Å²) in [4.78, 5) is 17.0. The minimum atomic E-state index is -0.249. The summed E-state index contributed by atoms with van der Waals surface area (Å²) in [5, 5.41) is 8.60. The number of hydrogen-bond acceptors (Lipinski definition) is 7. The number of thioether (sulfide) groups is 1. The Hall–Kier alpha value is -3.46. The molecule has 1 aromatic heterocycles. The van der Waals surface area contributed by atoms with Gasteiger partial charge < -0.3 is 10.5 Å². The molecule has 2 heterocycles. The van der Waals surface area contributed by atoms with Gasteiger partial charge in [-0.3, -0.25) is 10.2 Å². The molecule has 4 rings (SSSR count). The Labute approximate surface area is 172 Å². The van der Waals surface area contributed by atoms with Gasteiger partial charge in [0, 0.05) is 0 Å². The zero-order valence-corrected chi connectivity index (χ0v) is 16.5. The van der Waals surface area contributed by atoms with Crippen molar-refractivity contribution in [2.24, 2.45) is 0 Å². The topological polar surface area (TPSA) is 109 Å². The average molecular weight is 408 g/mol. The summed E-state index contributed by atoms with van der Waals surface area (Å²) in [5.41, 5.74) is 11.7. The first-order valence-electron chi connectivity index (χ1n) is 8.94. The van der Waals surface area contributed by atoms with E-state index in [4.69, 9.17) is 10.5 Å². The molecule has 0 bridgehead atoms. The fraction of sp³-hybridized carbons (Fsp3) is 0.150. The van der Waals surface area contributed by atoms with E-state index in [0.717, 1.165) is 22.6 Å². The monoisotopic (exact) mass is 408 g/mol. The van der Waals surface area contributed by atoms with Gasteiger partial charge in [0.1, 0.15) is 5.75 Å². The van der Waals surface area contributed by atoms with E-state index in [-0.39, 0.29) is 23.7 Å². The van der Waals surface area contributed by atoms with Crippen LogP contribution in [0.1, 0.15) is 17.2 Å². The van der Waals surface area contributed by atoms with Crippen LogP contribution in [0.2, 0.25) is 0 Å². The molecule has 148 valence electrons. The largest absolute Gasteiger partial charge is 0.497 e. The van der Waals surface area contributed by atoms with Crippen LogP contribution in [0, 0.1) is 0 Å². The van der Waals surface area contributed by atoms with Gasteiger partial charge in [-0.25, -0.2) is 10.1 Å². The zero-order valence-electron chi connectivity index (χ0n) is 15.7. The van der Waals surface area contributed by atoms with Crippen molar-refractivity contribution in [3.63, 3.8) is 0 Å². The van der Waals surface area contributed by atoms with E-state index in [1.165, 1.54) is 11.8 Å². The number of carbonyl (C=O) groups excluding carboxylic acids is 1. The lowest BCUT2D eigenvalue weighted by atomic mass is 10.0. The molecule has 0 saturated carbocycles. The Morgan fingerprint density at radius 2 is 1.97 bits per heavy atom. The van der Waals surface area contributed by atoms with E-state index < -0.39 is 0 Å². The summed E-state index contributed by atoms with van der Waals surface area (Å²) >= 11 is 1.23. The summed E-state index contributed by atoms with van der Waals surface area (Å²) in [6, 6.07) is 17.3. The summed E-state index contributed by atoms with van der Waals surface area (Å²) in [6.45, 7) is 0. The number of carbonyl (C=O) groups is 1. The second-order valence-corrected chi connectivity index (χ2v) is 7.27. The highest BCUT2D eigenvalue weighted by atomic mass is 32.2. The van der Waals surface area contributed by atoms with E-state index in [1.807, 2.05) is 60.7 Å². The molecule has 4 N–H and O–H groups in total. The molecule has 0 saturated heterocycles. The van der Waals surface area contributed by atoms with Crippen molar-refractivity contribution in [1.29, 1.82) is 0 Å². The van der Waals surface area contributed by atoms with Crippen molar-refractivity contribution in [2.45, 2.75) is 11.2 Å². The first-order chi connectivity index (χ1) is 14.1. The Morgan fingerprint density at radius 1 is 1.21 bits per heavy atom. The van der Waals surface area contributed by atoms with Gasteiger partial charge in [0.05, 0.1) is 24.6 Å². The number of nitrogens with one attached hydrogen (secondary N) is 2. The molecule has 0 fully saturated rings. The molecule has 2 aromatic carbocycles. The molecule has 1 amide bonds. The number of ether oxygens (including phenoxy) is 1.